The fourth-order valence-electron chi connectivity index (χ4n) is 9.50. The highest BCUT2D eigenvalue weighted by molar-refractivity contribution is 7.47. The third kappa shape index (κ3) is 57.6. The second-order valence-electron chi connectivity index (χ2n) is 23.9. The molecule has 0 bridgehead atoms. The fraction of sp³-hybridized carbons (Fsp3) is 0.938. The highest BCUT2D eigenvalue weighted by atomic mass is 31.2. The van der Waals surface area contributed by atoms with Crippen LogP contribution >= 0.6 is 15.6 Å². The van der Waals surface area contributed by atoms with Crippen molar-refractivity contribution < 1.29 is 80.2 Å². The van der Waals surface area contributed by atoms with E-state index in [1.165, 1.54) is 128 Å². The number of ether oxygens (including phenoxy) is 4. The van der Waals surface area contributed by atoms with Crippen LogP contribution in [0.1, 0.15) is 318 Å². The summed E-state index contributed by atoms with van der Waals surface area (Å²) >= 11 is 0. The van der Waals surface area contributed by atoms with Gasteiger partial charge in [0.05, 0.1) is 26.4 Å². The Hall–Kier alpha value is -1.94. The summed E-state index contributed by atoms with van der Waals surface area (Å²) in [6.07, 6.45) is 39.0. The van der Waals surface area contributed by atoms with Gasteiger partial charge in [0, 0.05) is 25.7 Å². The average Bonchev–Trinajstić information content (AvgIpc) is 3.45. The molecule has 0 amide bonds. The topological polar surface area (TPSA) is 237 Å². The van der Waals surface area contributed by atoms with Gasteiger partial charge in [-0.15, -0.1) is 0 Å². The smallest absolute Gasteiger partial charge is 0.462 e. The van der Waals surface area contributed by atoms with Crippen molar-refractivity contribution in [2.45, 2.75) is 336 Å². The number of hydrogen-bond donors (Lipinski definition) is 3. The molecule has 0 rings (SSSR count). The summed E-state index contributed by atoms with van der Waals surface area (Å²) in [5.41, 5.74) is 0. The van der Waals surface area contributed by atoms with E-state index in [0.717, 1.165) is 102 Å². The van der Waals surface area contributed by atoms with Crippen LogP contribution in [0.4, 0.5) is 0 Å². The Labute approximate surface area is 505 Å². The van der Waals surface area contributed by atoms with Crippen LogP contribution in [-0.4, -0.2) is 96.7 Å². The predicted molar refractivity (Wildman–Crippen MR) is 331 cm³/mol. The van der Waals surface area contributed by atoms with Gasteiger partial charge >= 0.3 is 39.5 Å². The van der Waals surface area contributed by atoms with Gasteiger partial charge < -0.3 is 33.8 Å². The summed E-state index contributed by atoms with van der Waals surface area (Å²) in [6, 6.07) is 0. The minimum atomic E-state index is -4.94. The van der Waals surface area contributed by atoms with Gasteiger partial charge in [-0.05, 0) is 37.5 Å². The Morgan fingerprint density at radius 2 is 0.614 bits per heavy atom. The molecule has 0 radical (unpaired) electrons. The molecular formula is C64H124O17P2. The van der Waals surface area contributed by atoms with E-state index in [4.69, 9.17) is 37.0 Å². The number of aliphatic hydroxyl groups excluding tert-OH is 1. The van der Waals surface area contributed by atoms with Crippen molar-refractivity contribution in [3.8, 4) is 0 Å². The Balaban J connectivity index is 5.23. The number of hydrogen-bond acceptors (Lipinski definition) is 15. The van der Waals surface area contributed by atoms with Gasteiger partial charge in [0.1, 0.15) is 19.3 Å². The van der Waals surface area contributed by atoms with Crippen LogP contribution in [0.5, 0.6) is 0 Å². The number of unbranched alkanes of at least 4 members (excludes halogenated alkanes) is 32. The van der Waals surface area contributed by atoms with Crippen LogP contribution in [0, 0.1) is 11.8 Å². The molecule has 0 aromatic heterocycles. The first-order valence-corrected chi connectivity index (χ1v) is 36.5. The van der Waals surface area contributed by atoms with Gasteiger partial charge in [0.25, 0.3) is 0 Å². The van der Waals surface area contributed by atoms with E-state index >= 15 is 0 Å². The van der Waals surface area contributed by atoms with E-state index in [1.807, 2.05) is 0 Å². The molecule has 6 atom stereocenters. The standard InChI is InChI=1S/C64H124O17P2/c1-7-10-12-14-16-18-19-20-24-28-35-41-47-62(67)75-52-59(80-63(68)48-42-36-29-25-22-21-23-26-33-39-45-57(6)9-3)54-78-82(70,71)76-50-58(65)51-77-83(72,73)79-55-60(53-74-61(66)46-40-34-27-17-15-13-11-8-2)81-64(69)49-43-37-31-30-32-38-44-56(4)5/h56-60,65H,7-55H2,1-6H3,(H,70,71)(H,72,73)/t57?,58-,59-,60-/m1/s1. The molecule has 19 heteroatoms. The molecule has 0 aromatic rings. The van der Waals surface area contributed by atoms with Crippen LogP contribution in [0.25, 0.3) is 0 Å². The number of aliphatic hydroxyl groups is 1. The van der Waals surface area contributed by atoms with Crippen LogP contribution in [0.2, 0.25) is 0 Å². The van der Waals surface area contributed by atoms with Gasteiger partial charge in [-0.3, -0.25) is 37.3 Å². The van der Waals surface area contributed by atoms with Crippen LogP contribution < -0.4 is 0 Å². The number of esters is 4. The predicted octanol–water partition coefficient (Wildman–Crippen LogP) is 17.7. The summed E-state index contributed by atoms with van der Waals surface area (Å²) in [6.45, 7) is 9.40. The average molecular weight is 1230 g/mol. The zero-order valence-corrected chi connectivity index (χ0v) is 55.3. The maximum Gasteiger partial charge on any atom is 0.472 e. The number of rotatable bonds is 63. The second-order valence-corrected chi connectivity index (χ2v) is 26.8. The molecule has 3 N–H and O–H groups in total. The first kappa shape index (κ1) is 81.1. The first-order valence-electron chi connectivity index (χ1n) is 33.5. The number of carbonyl (C=O) groups excluding carboxylic acids is 4. The van der Waals surface area contributed by atoms with Crippen molar-refractivity contribution in [3.05, 3.63) is 0 Å². The summed E-state index contributed by atoms with van der Waals surface area (Å²) in [4.78, 5) is 72.1. The van der Waals surface area contributed by atoms with Crippen molar-refractivity contribution in [2.75, 3.05) is 39.6 Å². The van der Waals surface area contributed by atoms with E-state index in [0.29, 0.717) is 31.6 Å². The fourth-order valence-corrected chi connectivity index (χ4v) is 11.1. The molecule has 0 aromatic carbocycles. The van der Waals surface area contributed by atoms with Crippen molar-refractivity contribution in [3.63, 3.8) is 0 Å². The Morgan fingerprint density at radius 1 is 0.349 bits per heavy atom. The molecule has 0 aliphatic rings. The third-order valence-corrected chi connectivity index (χ3v) is 17.0. The molecule has 492 valence electrons. The lowest BCUT2D eigenvalue weighted by molar-refractivity contribution is -0.161. The zero-order chi connectivity index (χ0) is 61.5. The maximum atomic E-state index is 13.0. The van der Waals surface area contributed by atoms with Gasteiger partial charge in [-0.1, -0.05) is 266 Å². The first-order chi connectivity index (χ1) is 39.9. The van der Waals surface area contributed by atoms with Crippen molar-refractivity contribution in [1.82, 2.24) is 0 Å². The van der Waals surface area contributed by atoms with Gasteiger partial charge in [0.2, 0.25) is 0 Å². The minimum absolute atomic E-state index is 0.102. The lowest BCUT2D eigenvalue weighted by atomic mass is 9.99. The summed E-state index contributed by atoms with van der Waals surface area (Å²) in [7, 11) is -9.88. The summed E-state index contributed by atoms with van der Waals surface area (Å²) in [5, 5.41) is 10.5. The number of phosphoric acid groups is 2. The second kappa shape index (κ2) is 56.6. The molecule has 83 heavy (non-hydrogen) atoms. The Bertz CT molecular complexity index is 1630. The quantitative estimate of drug-likeness (QED) is 0.0222. The SMILES string of the molecule is CCCCCCCCCCCCCCC(=O)OC[C@H](COP(=O)(O)OC[C@@H](O)COP(=O)(O)OC[C@@H](COC(=O)CCCCCCCCCC)OC(=O)CCCCCCCCC(C)C)OC(=O)CCCCCCCCCCCCC(C)CC. The molecule has 0 spiro atoms. The van der Waals surface area contributed by atoms with E-state index < -0.39 is 97.5 Å². The molecular weight excluding hydrogens is 1100 g/mol. The van der Waals surface area contributed by atoms with E-state index in [2.05, 4.69) is 41.5 Å². The highest BCUT2D eigenvalue weighted by Crippen LogP contribution is 2.45. The monoisotopic (exact) mass is 1230 g/mol. The third-order valence-electron chi connectivity index (χ3n) is 15.1. The van der Waals surface area contributed by atoms with E-state index in [1.54, 1.807) is 0 Å². The summed E-state index contributed by atoms with van der Waals surface area (Å²) in [5.74, 6) is -0.666. The maximum absolute atomic E-state index is 13.0. The molecule has 0 saturated heterocycles. The highest BCUT2D eigenvalue weighted by Gasteiger charge is 2.30. The Morgan fingerprint density at radius 3 is 0.916 bits per heavy atom. The van der Waals surface area contributed by atoms with Crippen LogP contribution in [0.15, 0.2) is 0 Å². The van der Waals surface area contributed by atoms with Gasteiger partial charge in [0.15, 0.2) is 12.2 Å². The number of carbonyl (C=O) groups is 4. The van der Waals surface area contributed by atoms with E-state index in [-0.39, 0.29) is 25.7 Å². The number of phosphoric ester groups is 2. The summed E-state index contributed by atoms with van der Waals surface area (Å²) < 4.78 is 67.9. The largest absolute Gasteiger partial charge is 0.472 e. The minimum Gasteiger partial charge on any atom is -0.462 e. The molecule has 17 nitrogen and oxygen atoms in total. The molecule has 0 saturated carbocycles. The lowest BCUT2D eigenvalue weighted by Gasteiger charge is -2.21. The molecule has 0 aliphatic carbocycles. The Kier molecular flexibility index (Phi) is 55.2. The van der Waals surface area contributed by atoms with Gasteiger partial charge in [-0.25, -0.2) is 9.13 Å². The van der Waals surface area contributed by atoms with Gasteiger partial charge in [-0.2, -0.15) is 0 Å². The van der Waals surface area contributed by atoms with Crippen LogP contribution in [-0.2, 0) is 65.4 Å². The molecule has 0 fully saturated rings. The molecule has 3 unspecified atom stereocenters. The zero-order valence-electron chi connectivity index (χ0n) is 53.5. The molecule has 0 aliphatic heterocycles. The lowest BCUT2D eigenvalue weighted by Crippen LogP contribution is -2.30. The van der Waals surface area contributed by atoms with Crippen molar-refractivity contribution in [1.29, 1.82) is 0 Å². The normalized spacial score (nSPS) is 14.6. The van der Waals surface area contributed by atoms with Crippen LogP contribution in [0.3, 0.4) is 0 Å². The molecule has 0 heterocycles. The van der Waals surface area contributed by atoms with Crippen molar-refractivity contribution in [2.24, 2.45) is 11.8 Å². The van der Waals surface area contributed by atoms with Crippen molar-refractivity contribution >= 4 is 39.5 Å². The van der Waals surface area contributed by atoms with E-state index in [9.17, 15) is 43.2 Å².